The van der Waals surface area contributed by atoms with Gasteiger partial charge in [-0.3, -0.25) is 10.1 Å². The van der Waals surface area contributed by atoms with Crippen LogP contribution in [0.5, 0.6) is 0 Å². The molecule has 0 aliphatic heterocycles. The molecular weight excluding hydrogens is 268 g/mol. The number of rotatable bonds is 4. The quantitative estimate of drug-likeness (QED) is 0.687. The smallest absolute Gasteiger partial charge is 0.272 e. The van der Waals surface area contributed by atoms with Crippen molar-refractivity contribution < 1.29 is 4.92 Å². The molecule has 1 heterocycles. The SMILES string of the molecule is Cc1c(CNc2nccnc2Cl)cccc1[N+](=O)[O-]. The number of nitro benzene ring substituents is 1. The molecule has 0 aliphatic rings. The first-order valence-corrected chi connectivity index (χ1v) is 5.90. The third-order valence-corrected chi connectivity index (χ3v) is 2.99. The summed E-state index contributed by atoms with van der Waals surface area (Å²) in [4.78, 5) is 18.4. The lowest BCUT2D eigenvalue weighted by Crippen LogP contribution is -2.05. The lowest BCUT2D eigenvalue weighted by molar-refractivity contribution is -0.385. The van der Waals surface area contributed by atoms with Crippen molar-refractivity contribution in [3.63, 3.8) is 0 Å². The summed E-state index contributed by atoms with van der Waals surface area (Å²) in [6.07, 6.45) is 3.01. The van der Waals surface area contributed by atoms with Crippen molar-refractivity contribution in [3.8, 4) is 0 Å². The molecule has 1 N–H and O–H groups in total. The van der Waals surface area contributed by atoms with Gasteiger partial charge in [-0.2, -0.15) is 0 Å². The van der Waals surface area contributed by atoms with Crippen LogP contribution in [0, 0.1) is 17.0 Å². The van der Waals surface area contributed by atoms with Gasteiger partial charge >= 0.3 is 0 Å². The first-order chi connectivity index (χ1) is 9.09. The molecule has 0 spiro atoms. The number of halogens is 1. The molecule has 1 aromatic heterocycles. The molecule has 7 heteroatoms. The Morgan fingerprint density at radius 1 is 1.37 bits per heavy atom. The Morgan fingerprint density at radius 3 is 2.79 bits per heavy atom. The van der Waals surface area contributed by atoms with Gasteiger partial charge in [0, 0.05) is 30.6 Å². The molecule has 0 bridgehead atoms. The topological polar surface area (TPSA) is 81.0 Å². The number of benzene rings is 1. The van der Waals surface area contributed by atoms with Crippen LogP contribution in [-0.4, -0.2) is 14.9 Å². The highest BCUT2D eigenvalue weighted by Crippen LogP contribution is 2.22. The predicted octanol–water partition coefficient (Wildman–Crippen LogP) is 2.96. The number of nitrogens with zero attached hydrogens (tertiary/aromatic N) is 3. The van der Waals surface area contributed by atoms with Gasteiger partial charge in [0.2, 0.25) is 0 Å². The normalized spacial score (nSPS) is 10.2. The molecule has 98 valence electrons. The summed E-state index contributed by atoms with van der Waals surface area (Å²) >= 11 is 5.87. The zero-order valence-electron chi connectivity index (χ0n) is 10.1. The van der Waals surface area contributed by atoms with E-state index in [4.69, 9.17) is 11.6 Å². The fourth-order valence-corrected chi connectivity index (χ4v) is 1.85. The van der Waals surface area contributed by atoms with Crippen LogP contribution in [-0.2, 0) is 6.54 Å². The Hall–Kier alpha value is -2.21. The van der Waals surface area contributed by atoms with E-state index in [1.165, 1.54) is 18.5 Å². The molecule has 0 radical (unpaired) electrons. The van der Waals surface area contributed by atoms with Crippen LogP contribution in [0.4, 0.5) is 11.5 Å². The summed E-state index contributed by atoms with van der Waals surface area (Å²) in [6, 6.07) is 4.95. The van der Waals surface area contributed by atoms with Gasteiger partial charge in [-0.1, -0.05) is 23.7 Å². The Kier molecular flexibility index (Phi) is 3.91. The van der Waals surface area contributed by atoms with Crippen LogP contribution in [0.3, 0.4) is 0 Å². The van der Waals surface area contributed by atoms with Crippen LogP contribution < -0.4 is 5.32 Å². The van der Waals surface area contributed by atoms with Crippen LogP contribution in [0.15, 0.2) is 30.6 Å². The van der Waals surface area contributed by atoms with Gasteiger partial charge in [-0.25, -0.2) is 9.97 Å². The van der Waals surface area contributed by atoms with E-state index in [0.29, 0.717) is 17.9 Å². The highest BCUT2D eigenvalue weighted by Gasteiger charge is 2.13. The van der Waals surface area contributed by atoms with E-state index in [1.807, 2.05) is 6.07 Å². The second-order valence-electron chi connectivity index (χ2n) is 3.87. The van der Waals surface area contributed by atoms with E-state index >= 15 is 0 Å². The first kappa shape index (κ1) is 13.2. The number of nitro groups is 1. The maximum absolute atomic E-state index is 10.8. The number of hydrogen-bond donors (Lipinski definition) is 1. The minimum absolute atomic E-state index is 0.101. The van der Waals surface area contributed by atoms with Crippen molar-refractivity contribution in [1.82, 2.24) is 9.97 Å². The van der Waals surface area contributed by atoms with Crippen molar-refractivity contribution in [2.45, 2.75) is 13.5 Å². The largest absolute Gasteiger partial charge is 0.363 e. The van der Waals surface area contributed by atoms with E-state index in [9.17, 15) is 10.1 Å². The Labute approximate surface area is 114 Å². The number of aromatic nitrogens is 2. The lowest BCUT2D eigenvalue weighted by atomic mass is 10.1. The molecule has 2 aromatic rings. The Morgan fingerprint density at radius 2 is 2.11 bits per heavy atom. The molecule has 19 heavy (non-hydrogen) atoms. The van der Waals surface area contributed by atoms with Gasteiger partial charge in [0.1, 0.15) is 0 Å². The average molecular weight is 279 g/mol. The molecule has 0 atom stereocenters. The highest BCUT2D eigenvalue weighted by molar-refractivity contribution is 6.31. The van der Waals surface area contributed by atoms with E-state index in [1.54, 1.807) is 13.0 Å². The minimum Gasteiger partial charge on any atom is -0.363 e. The third-order valence-electron chi connectivity index (χ3n) is 2.71. The standard InChI is InChI=1S/C12H11ClN4O2/c1-8-9(3-2-4-10(8)17(18)19)7-16-12-11(13)14-5-6-15-12/h2-6H,7H2,1H3,(H,15,16). The monoisotopic (exact) mass is 278 g/mol. The number of anilines is 1. The molecule has 0 amide bonds. The number of nitrogens with one attached hydrogen (secondary N) is 1. The molecular formula is C12H11ClN4O2. The maximum atomic E-state index is 10.8. The Bertz CT molecular complexity index is 618. The molecule has 0 fully saturated rings. The van der Waals surface area contributed by atoms with Gasteiger partial charge in [-0.15, -0.1) is 0 Å². The van der Waals surface area contributed by atoms with Crippen LogP contribution in [0.2, 0.25) is 5.15 Å². The van der Waals surface area contributed by atoms with E-state index in [-0.39, 0.29) is 10.8 Å². The molecule has 0 unspecified atom stereocenters. The second kappa shape index (κ2) is 5.62. The van der Waals surface area contributed by atoms with Gasteiger partial charge in [0.25, 0.3) is 5.69 Å². The summed E-state index contributed by atoms with van der Waals surface area (Å²) in [5, 5.41) is 14.1. The van der Waals surface area contributed by atoms with Crippen molar-refractivity contribution >= 4 is 23.1 Å². The molecule has 0 saturated heterocycles. The van der Waals surface area contributed by atoms with Gasteiger partial charge < -0.3 is 5.32 Å². The second-order valence-corrected chi connectivity index (χ2v) is 4.23. The summed E-state index contributed by atoms with van der Waals surface area (Å²) in [6.45, 7) is 2.11. The summed E-state index contributed by atoms with van der Waals surface area (Å²) in [7, 11) is 0. The van der Waals surface area contributed by atoms with Crippen molar-refractivity contribution in [2.75, 3.05) is 5.32 Å². The van der Waals surface area contributed by atoms with Crippen LogP contribution >= 0.6 is 11.6 Å². The number of hydrogen-bond acceptors (Lipinski definition) is 5. The van der Waals surface area contributed by atoms with Crippen molar-refractivity contribution in [2.24, 2.45) is 0 Å². The van der Waals surface area contributed by atoms with Gasteiger partial charge in [0.05, 0.1) is 4.92 Å². The first-order valence-electron chi connectivity index (χ1n) is 5.53. The minimum atomic E-state index is -0.395. The zero-order valence-corrected chi connectivity index (χ0v) is 10.9. The molecule has 2 rings (SSSR count). The zero-order chi connectivity index (χ0) is 13.8. The third kappa shape index (κ3) is 2.97. The summed E-state index contributed by atoms with van der Waals surface area (Å²) < 4.78 is 0. The Balaban J connectivity index is 2.19. The summed E-state index contributed by atoms with van der Waals surface area (Å²) in [5.74, 6) is 0.454. The maximum Gasteiger partial charge on any atom is 0.272 e. The van der Waals surface area contributed by atoms with E-state index in [0.717, 1.165) is 5.56 Å². The van der Waals surface area contributed by atoms with E-state index < -0.39 is 4.92 Å². The molecule has 0 saturated carbocycles. The van der Waals surface area contributed by atoms with Crippen LogP contribution in [0.1, 0.15) is 11.1 Å². The van der Waals surface area contributed by atoms with Gasteiger partial charge in [-0.05, 0) is 12.5 Å². The van der Waals surface area contributed by atoms with Gasteiger partial charge in [0.15, 0.2) is 11.0 Å². The lowest BCUT2D eigenvalue weighted by Gasteiger charge is -2.09. The average Bonchev–Trinajstić information content (AvgIpc) is 2.39. The summed E-state index contributed by atoms with van der Waals surface area (Å²) in [5.41, 5.74) is 1.54. The predicted molar refractivity (Wildman–Crippen MR) is 72.2 cm³/mol. The van der Waals surface area contributed by atoms with Crippen molar-refractivity contribution in [1.29, 1.82) is 0 Å². The van der Waals surface area contributed by atoms with Crippen LogP contribution in [0.25, 0.3) is 0 Å². The fraction of sp³-hybridized carbons (Fsp3) is 0.167. The molecule has 1 aromatic carbocycles. The highest BCUT2D eigenvalue weighted by atomic mass is 35.5. The van der Waals surface area contributed by atoms with E-state index in [2.05, 4.69) is 15.3 Å². The molecule has 0 aliphatic carbocycles. The molecule has 6 nitrogen and oxygen atoms in total. The van der Waals surface area contributed by atoms with Crippen molar-refractivity contribution in [3.05, 3.63) is 57.0 Å². The fourth-order valence-electron chi connectivity index (χ4n) is 1.68.